The summed E-state index contributed by atoms with van der Waals surface area (Å²) in [5.74, 6) is -5.28. The van der Waals surface area contributed by atoms with Crippen molar-refractivity contribution in [1.29, 1.82) is 0 Å². The number of ether oxygens (including phenoxy) is 2. The molecule has 1 fully saturated rings. The van der Waals surface area contributed by atoms with Crippen molar-refractivity contribution in [2.45, 2.75) is 98.2 Å². The van der Waals surface area contributed by atoms with E-state index < -0.39 is 77.9 Å². The van der Waals surface area contributed by atoms with E-state index >= 15 is 0 Å². The lowest BCUT2D eigenvalue weighted by molar-refractivity contribution is -0.165. The average Bonchev–Trinajstić information content (AvgIpc) is 2.74. The summed E-state index contributed by atoms with van der Waals surface area (Å²) in [5.41, 5.74) is 0. The number of hydrogen-bond acceptors (Lipinski definition) is 8. The molecule has 0 aliphatic carbocycles. The van der Waals surface area contributed by atoms with Gasteiger partial charge in [0.1, 0.15) is 18.1 Å². The maximum Gasteiger partial charge on any atom is 0.329 e. The molecule has 194 valence electrons. The van der Waals surface area contributed by atoms with Gasteiger partial charge in [0.15, 0.2) is 12.2 Å². The van der Waals surface area contributed by atoms with Crippen LogP contribution in [0, 0.1) is 17.8 Å². The Balaban J connectivity index is 3.49. The van der Waals surface area contributed by atoms with Gasteiger partial charge in [0.25, 0.3) is 11.8 Å². The number of nitrogens with one attached hydrogen (secondary N) is 3. The summed E-state index contributed by atoms with van der Waals surface area (Å²) in [5, 5.41) is 17.5. The summed E-state index contributed by atoms with van der Waals surface area (Å²) in [6, 6.07) is -3.69. The summed E-state index contributed by atoms with van der Waals surface area (Å²) in [6.07, 6.45) is -3.31. The first-order valence-corrected chi connectivity index (χ1v) is 11.7. The third-order valence-electron chi connectivity index (χ3n) is 5.75. The van der Waals surface area contributed by atoms with E-state index in [0.717, 1.165) is 0 Å². The number of hydrogen-bond donors (Lipinski definition) is 4. The van der Waals surface area contributed by atoms with Crippen LogP contribution in [0.15, 0.2) is 0 Å². The molecular weight excluding hydrogens is 446 g/mol. The molecule has 1 saturated heterocycles. The molecule has 0 radical (unpaired) electrons. The lowest BCUT2D eigenvalue weighted by atomic mass is 9.97. The van der Waals surface area contributed by atoms with Crippen LogP contribution in [0.3, 0.4) is 0 Å². The van der Waals surface area contributed by atoms with Crippen LogP contribution in [0.4, 0.5) is 0 Å². The molecule has 11 heteroatoms. The molecule has 34 heavy (non-hydrogen) atoms. The molecule has 0 saturated carbocycles. The number of rotatable bonds is 5. The van der Waals surface area contributed by atoms with Gasteiger partial charge in [-0.05, 0) is 31.6 Å². The second-order valence-electron chi connectivity index (χ2n) is 9.53. The van der Waals surface area contributed by atoms with E-state index in [-0.39, 0.29) is 5.92 Å². The predicted octanol–water partition coefficient (Wildman–Crippen LogP) is 0.0368. The Kier molecular flexibility index (Phi) is 10.9. The summed E-state index contributed by atoms with van der Waals surface area (Å²) in [6.45, 7) is 12.9. The number of esters is 2. The van der Waals surface area contributed by atoms with Crippen LogP contribution in [-0.4, -0.2) is 71.2 Å². The highest BCUT2D eigenvalue weighted by Crippen LogP contribution is 2.17. The van der Waals surface area contributed by atoms with Gasteiger partial charge in [0.2, 0.25) is 5.91 Å². The van der Waals surface area contributed by atoms with Gasteiger partial charge in [-0.25, -0.2) is 9.59 Å². The minimum Gasteiger partial charge on any atom is -0.450 e. The molecule has 0 unspecified atom stereocenters. The van der Waals surface area contributed by atoms with Gasteiger partial charge in [-0.3, -0.25) is 14.4 Å². The van der Waals surface area contributed by atoms with Crippen LogP contribution >= 0.6 is 0 Å². The van der Waals surface area contributed by atoms with Crippen molar-refractivity contribution in [3.05, 3.63) is 0 Å². The van der Waals surface area contributed by atoms with Crippen LogP contribution in [0.5, 0.6) is 0 Å². The minimum atomic E-state index is -1.42. The van der Waals surface area contributed by atoms with E-state index in [1.165, 1.54) is 13.8 Å². The Bertz CT molecular complexity index is 767. The van der Waals surface area contributed by atoms with Gasteiger partial charge >= 0.3 is 11.9 Å². The summed E-state index contributed by atoms with van der Waals surface area (Å²) < 4.78 is 10.9. The second-order valence-corrected chi connectivity index (χ2v) is 9.53. The van der Waals surface area contributed by atoms with Gasteiger partial charge in [0, 0.05) is 0 Å². The highest BCUT2D eigenvalue weighted by atomic mass is 16.6. The molecule has 7 atom stereocenters. The lowest BCUT2D eigenvalue weighted by Crippen LogP contribution is -2.58. The maximum absolute atomic E-state index is 13.1. The van der Waals surface area contributed by atoms with Crippen molar-refractivity contribution in [3.63, 3.8) is 0 Å². The molecule has 0 aromatic carbocycles. The van der Waals surface area contributed by atoms with Crippen LogP contribution in [0.1, 0.15) is 61.8 Å². The largest absolute Gasteiger partial charge is 0.450 e. The fourth-order valence-corrected chi connectivity index (χ4v) is 3.32. The number of aliphatic hydroxyl groups excluding tert-OH is 1. The number of cyclic esters (lactones) is 2. The second kappa shape index (κ2) is 12.7. The fraction of sp³-hybridized carbons (Fsp3) is 0.783. The summed E-state index contributed by atoms with van der Waals surface area (Å²) >= 11 is 0. The maximum atomic E-state index is 13.1. The van der Waals surface area contributed by atoms with Crippen LogP contribution in [0.25, 0.3) is 0 Å². The molecule has 1 heterocycles. The van der Waals surface area contributed by atoms with E-state index in [4.69, 9.17) is 9.47 Å². The first kappa shape index (κ1) is 29.3. The van der Waals surface area contributed by atoms with Crippen molar-refractivity contribution in [2.24, 2.45) is 17.8 Å². The average molecular weight is 486 g/mol. The van der Waals surface area contributed by atoms with Crippen LogP contribution in [-0.2, 0) is 33.4 Å². The lowest BCUT2D eigenvalue weighted by Gasteiger charge is -2.29. The molecule has 1 aliphatic heterocycles. The van der Waals surface area contributed by atoms with E-state index in [9.17, 15) is 29.1 Å². The van der Waals surface area contributed by atoms with Gasteiger partial charge in [0.05, 0.1) is 6.10 Å². The molecule has 0 bridgehead atoms. The predicted molar refractivity (Wildman–Crippen MR) is 122 cm³/mol. The smallest absolute Gasteiger partial charge is 0.329 e. The molecule has 11 nitrogen and oxygen atoms in total. The molecule has 4 N–H and O–H groups in total. The number of aliphatic hydroxyl groups is 1. The first-order chi connectivity index (χ1) is 15.7. The zero-order chi connectivity index (χ0) is 26.3. The Labute approximate surface area is 200 Å². The van der Waals surface area contributed by atoms with E-state index in [2.05, 4.69) is 16.0 Å². The number of carbonyl (C=O) groups is 5. The van der Waals surface area contributed by atoms with E-state index in [1.54, 1.807) is 34.6 Å². The van der Waals surface area contributed by atoms with Gasteiger partial charge in [-0.15, -0.1) is 0 Å². The first-order valence-electron chi connectivity index (χ1n) is 11.7. The van der Waals surface area contributed by atoms with Crippen molar-refractivity contribution in [1.82, 2.24) is 16.0 Å². The van der Waals surface area contributed by atoms with E-state index in [1.807, 2.05) is 6.92 Å². The number of amides is 3. The normalized spacial score (nSPS) is 29.7. The van der Waals surface area contributed by atoms with Crippen LogP contribution < -0.4 is 16.0 Å². The Hall–Kier alpha value is -2.69. The van der Waals surface area contributed by atoms with Gasteiger partial charge in [-0.2, -0.15) is 0 Å². The van der Waals surface area contributed by atoms with Crippen molar-refractivity contribution < 1.29 is 38.6 Å². The Morgan fingerprint density at radius 1 is 0.735 bits per heavy atom. The molecule has 0 aromatic rings. The summed E-state index contributed by atoms with van der Waals surface area (Å²) in [7, 11) is 0. The highest BCUT2D eigenvalue weighted by molar-refractivity contribution is 5.94. The van der Waals surface area contributed by atoms with Crippen LogP contribution in [0.2, 0.25) is 0 Å². The Morgan fingerprint density at radius 3 is 1.59 bits per heavy atom. The van der Waals surface area contributed by atoms with Crippen molar-refractivity contribution in [2.75, 3.05) is 0 Å². The molecular formula is C23H39N3O8. The molecule has 1 aliphatic rings. The highest BCUT2D eigenvalue weighted by Gasteiger charge is 2.39. The topological polar surface area (TPSA) is 160 Å². The number of carbonyl (C=O) groups excluding carboxylic acids is 5. The third-order valence-corrected chi connectivity index (χ3v) is 5.75. The van der Waals surface area contributed by atoms with Crippen molar-refractivity contribution in [3.8, 4) is 0 Å². The molecule has 0 spiro atoms. The molecule has 0 aromatic heterocycles. The standard InChI is InChI=1S/C23H39N3O8/c1-9-12(6)15-23(32)34-18(11(4)5)21(30)26-16(14(8)27)19(28)24-13(7)22(31)33-17(10(2)3)20(29)25-15/h10-18,27H,9H2,1-8H3,(H,24,28)(H,25,29)(H,26,30)/t12-,13-,14+,15-,16-,17-,18-/m0/s1. The third kappa shape index (κ3) is 7.68. The van der Waals surface area contributed by atoms with Gasteiger partial charge in [-0.1, -0.05) is 48.0 Å². The zero-order valence-electron chi connectivity index (χ0n) is 21.2. The molecule has 1 rings (SSSR count). The minimum absolute atomic E-state index is 0.348. The zero-order valence-corrected chi connectivity index (χ0v) is 21.2. The molecule has 3 amide bonds. The van der Waals surface area contributed by atoms with Crippen molar-refractivity contribution >= 4 is 29.7 Å². The monoisotopic (exact) mass is 485 g/mol. The van der Waals surface area contributed by atoms with Gasteiger partial charge < -0.3 is 30.5 Å². The summed E-state index contributed by atoms with van der Waals surface area (Å²) in [4.78, 5) is 64.4. The SMILES string of the molecule is CC[C@H](C)[C@@H]1NC(=O)[C@H](C(C)C)OC(=O)[C@H](C)NC(=O)[C@H]([C@@H](C)O)NC(=O)[C@H](C(C)C)OC1=O. The Morgan fingerprint density at radius 2 is 1.18 bits per heavy atom. The quantitative estimate of drug-likeness (QED) is 0.397. The van der Waals surface area contributed by atoms with E-state index in [0.29, 0.717) is 6.42 Å². The fourth-order valence-electron chi connectivity index (χ4n) is 3.32.